The van der Waals surface area contributed by atoms with Crippen molar-refractivity contribution in [2.75, 3.05) is 19.8 Å². The van der Waals surface area contributed by atoms with Gasteiger partial charge >= 0.3 is 0 Å². The van der Waals surface area contributed by atoms with Crippen LogP contribution in [0.1, 0.15) is 31.2 Å². The van der Waals surface area contributed by atoms with E-state index in [1.165, 1.54) is 5.56 Å². The molecule has 0 radical (unpaired) electrons. The average Bonchev–Trinajstić information content (AvgIpc) is 3.20. The summed E-state index contributed by atoms with van der Waals surface area (Å²) in [5.41, 5.74) is 7.27. The predicted octanol–water partition coefficient (Wildman–Crippen LogP) is 1.97. The van der Waals surface area contributed by atoms with Gasteiger partial charge in [-0.25, -0.2) is 0 Å². The zero-order valence-electron chi connectivity index (χ0n) is 13.1. The Morgan fingerprint density at radius 1 is 1.23 bits per heavy atom. The van der Waals surface area contributed by atoms with Crippen LogP contribution in [0.4, 0.5) is 0 Å². The van der Waals surface area contributed by atoms with Crippen LogP contribution in [0.3, 0.4) is 0 Å². The van der Waals surface area contributed by atoms with E-state index < -0.39 is 0 Å². The number of rotatable bonds is 5. The molecule has 1 aromatic rings. The van der Waals surface area contributed by atoms with Gasteiger partial charge < -0.3 is 15.4 Å². The van der Waals surface area contributed by atoms with Crippen LogP contribution in [-0.2, 0) is 16.0 Å². The number of nitrogens with two attached hydrogens (primary N) is 1. The summed E-state index contributed by atoms with van der Waals surface area (Å²) in [5.74, 6) is 0.408. The highest BCUT2D eigenvalue weighted by Gasteiger charge is 2.35. The van der Waals surface area contributed by atoms with Crippen molar-refractivity contribution in [1.29, 1.82) is 0 Å². The lowest BCUT2D eigenvalue weighted by molar-refractivity contribution is -0.137. The zero-order chi connectivity index (χ0) is 15.4. The molecule has 120 valence electrons. The van der Waals surface area contributed by atoms with Gasteiger partial charge in [0, 0.05) is 25.1 Å². The maximum absolute atomic E-state index is 12.9. The van der Waals surface area contributed by atoms with Gasteiger partial charge in [-0.1, -0.05) is 30.3 Å². The number of benzene rings is 1. The molecular formula is C18H26N2O2. The summed E-state index contributed by atoms with van der Waals surface area (Å²) in [6.07, 6.45) is 4.62. The molecule has 2 fully saturated rings. The van der Waals surface area contributed by atoms with E-state index in [0.717, 1.165) is 45.3 Å². The number of carbonyl (C=O) groups excluding carboxylic acids is 1. The second kappa shape index (κ2) is 7.25. The van der Waals surface area contributed by atoms with Crippen LogP contribution in [0, 0.1) is 5.92 Å². The summed E-state index contributed by atoms with van der Waals surface area (Å²) in [5, 5.41) is 0. The molecule has 3 atom stereocenters. The van der Waals surface area contributed by atoms with Crippen LogP contribution >= 0.6 is 0 Å². The number of nitrogens with zero attached hydrogens (tertiary/aromatic N) is 1. The van der Waals surface area contributed by atoms with Gasteiger partial charge in [-0.3, -0.25) is 4.79 Å². The van der Waals surface area contributed by atoms with Gasteiger partial charge in [-0.2, -0.15) is 0 Å². The monoisotopic (exact) mass is 302 g/mol. The van der Waals surface area contributed by atoms with Crippen LogP contribution in [0.2, 0.25) is 0 Å². The lowest BCUT2D eigenvalue weighted by Gasteiger charge is -2.30. The Bertz CT molecular complexity index is 485. The fourth-order valence-corrected chi connectivity index (χ4v) is 3.61. The van der Waals surface area contributed by atoms with Crippen molar-refractivity contribution in [2.45, 2.75) is 44.2 Å². The molecule has 1 aliphatic carbocycles. The molecule has 1 saturated heterocycles. The van der Waals surface area contributed by atoms with Gasteiger partial charge in [0.1, 0.15) is 0 Å². The molecule has 4 heteroatoms. The second-order valence-electron chi connectivity index (χ2n) is 6.55. The minimum atomic E-state index is 0.117. The van der Waals surface area contributed by atoms with Crippen LogP contribution in [0.5, 0.6) is 0 Å². The van der Waals surface area contributed by atoms with E-state index in [0.29, 0.717) is 12.5 Å². The van der Waals surface area contributed by atoms with Crippen molar-refractivity contribution < 1.29 is 9.53 Å². The van der Waals surface area contributed by atoms with Crippen LogP contribution in [0.25, 0.3) is 0 Å². The molecule has 22 heavy (non-hydrogen) atoms. The Kier molecular flexibility index (Phi) is 5.11. The fourth-order valence-electron chi connectivity index (χ4n) is 3.61. The van der Waals surface area contributed by atoms with Gasteiger partial charge in [0.15, 0.2) is 0 Å². The molecule has 0 spiro atoms. The highest BCUT2D eigenvalue weighted by atomic mass is 16.5. The van der Waals surface area contributed by atoms with Gasteiger partial charge in [0.05, 0.1) is 12.6 Å². The van der Waals surface area contributed by atoms with E-state index in [-0.39, 0.29) is 18.0 Å². The van der Waals surface area contributed by atoms with E-state index in [1.807, 2.05) is 6.07 Å². The molecule has 3 rings (SSSR count). The lowest BCUT2D eigenvalue weighted by Crippen LogP contribution is -2.44. The maximum atomic E-state index is 12.9. The minimum Gasteiger partial charge on any atom is -0.379 e. The van der Waals surface area contributed by atoms with E-state index in [2.05, 4.69) is 29.2 Å². The quantitative estimate of drug-likeness (QED) is 0.905. The Morgan fingerprint density at radius 3 is 2.68 bits per heavy atom. The molecule has 1 aromatic carbocycles. The van der Waals surface area contributed by atoms with Gasteiger partial charge in [-0.15, -0.1) is 0 Å². The van der Waals surface area contributed by atoms with Crippen molar-refractivity contribution in [3.8, 4) is 0 Å². The van der Waals surface area contributed by atoms with E-state index in [9.17, 15) is 4.79 Å². The largest absolute Gasteiger partial charge is 0.379 e. The van der Waals surface area contributed by atoms with Crippen LogP contribution in [0.15, 0.2) is 30.3 Å². The highest BCUT2D eigenvalue weighted by molar-refractivity contribution is 5.79. The zero-order valence-corrected chi connectivity index (χ0v) is 13.1. The molecule has 1 amide bonds. The molecule has 2 N–H and O–H groups in total. The summed E-state index contributed by atoms with van der Waals surface area (Å²) in [7, 11) is 0. The first kappa shape index (κ1) is 15.5. The number of ether oxygens (including phenoxy) is 1. The van der Waals surface area contributed by atoms with Crippen LogP contribution < -0.4 is 5.73 Å². The summed E-state index contributed by atoms with van der Waals surface area (Å²) in [6, 6.07) is 10.8. The van der Waals surface area contributed by atoms with Gasteiger partial charge in [0.25, 0.3) is 0 Å². The summed E-state index contributed by atoms with van der Waals surface area (Å²) in [6.45, 7) is 2.23. The summed E-state index contributed by atoms with van der Waals surface area (Å²) < 4.78 is 5.51. The smallest absolute Gasteiger partial charge is 0.226 e. The SMILES string of the molecule is NC1CCC(C(=O)N(CCc2ccccc2)C2CCOC2)C1. The molecule has 4 nitrogen and oxygen atoms in total. The Labute approximate surface area is 132 Å². The van der Waals surface area contributed by atoms with Crippen molar-refractivity contribution in [3.63, 3.8) is 0 Å². The van der Waals surface area contributed by atoms with Crippen molar-refractivity contribution >= 4 is 5.91 Å². The maximum Gasteiger partial charge on any atom is 0.226 e. The molecule has 0 aromatic heterocycles. The first-order valence-electron chi connectivity index (χ1n) is 8.42. The minimum absolute atomic E-state index is 0.117. The highest BCUT2D eigenvalue weighted by Crippen LogP contribution is 2.28. The Hall–Kier alpha value is -1.39. The topological polar surface area (TPSA) is 55.6 Å². The predicted molar refractivity (Wildman–Crippen MR) is 86.4 cm³/mol. The third-order valence-electron chi connectivity index (χ3n) is 4.94. The molecule has 3 unspecified atom stereocenters. The summed E-state index contributed by atoms with van der Waals surface area (Å²) in [4.78, 5) is 15.0. The number of amides is 1. The Balaban J connectivity index is 1.65. The molecule has 2 aliphatic rings. The lowest BCUT2D eigenvalue weighted by atomic mass is 10.0. The molecule has 1 aliphatic heterocycles. The third kappa shape index (κ3) is 3.68. The average molecular weight is 302 g/mol. The van der Waals surface area contributed by atoms with E-state index in [4.69, 9.17) is 10.5 Å². The molecule has 0 bridgehead atoms. The van der Waals surface area contributed by atoms with E-state index in [1.54, 1.807) is 0 Å². The van der Waals surface area contributed by atoms with Crippen molar-refractivity contribution in [3.05, 3.63) is 35.9 Å². The van der Waals surface area contributed by atoms with E-state index >= 15 is 0 Å². The first-order chi connectivity index (χ1) is 10.7. The molecular weight excluding hydrogens is 276 g/mol. The third-order valence-corrected chi connectivity index (χ3v) is 4.94. The molecule has 1 saturated carbocycles. The van der Waals surface area contributed by atoms with Gasteiger partial charge in [0.2, 0.25) is 5.91 Å². The number of hydrogen-bond acceptors (Lipinski definition) is 3. The Morgan fingerprint density at radius 2 is 2.05 bits per heavy atom. The molecule has 1 heterocycles. The van der Waals surface area contributed by atoms with Crippen LogP contribution in [-0.4, -0.2) is 42.6 Å². The standard InChI is InChI=1S/C18H26N2O2/c19-16-7-6-15(12-16)18(21)20(17-9-11-22-13-17)10-8-14-4-2-1-3-5-14/h1-5,15-17H,6-13,19H2. The van der Waals surface area contributed by atoms with Crippen molar-refractivity contribution in [1.82, 2.24) is 4.90 Å². The normalized spacial score (nSPS) is 28.0. The summed E-state index contributed by atoms with van der Waals surface area (Å²) >= 11 is 0. The number of carbonyl (C=O) groups is 1. The van der Waals surface area contributed by atoms with Gasteiger partial charge in [-0.05, 0) is 37.7 Å². The number of hydrogen-bond donors (Lipinski definition) is 1. The van der Waals surface area contributed by atoms with Crippen molar-refractivity contribution in [2.24, 2.45) is 11.7 Å². The second-order valence-corrected chi connectivity index (χ2v) is 6.55. The first-order valence-corrected chi connectivity index (χ1v) is 8.42. The fraction of sp³-hybridized carbons (Fsp3) is 0.611.